The van der Waals surface area contributed by atoms with Gasteiger partial charge in [-0.25, -0.2) is 4.99 Å². The molecule has 1 heterocycles. The largest absolute Gasteiger partial charge is 0.475 e. The van der Waals surface area contributed by atoms with Gasteiger partial charge in [0, 0.05) is 11.8 Å². The van der Waals surface area contributed by atoms with Gasteiger partial charge in [-0.3, -0.25) is 0 Å². The fourth-order valence-corrected chi connectivity index (χ4v) is 2.93. The summed E-state index contributed by atoms with van der Waals surface area (Å²) in [6, 6.07) is 30.6. The molecular formula is C23H20N2O. The summed E-state index contributed by atoms with van der Waals surface area (Å²) >= 11 is 0. The van der Waals surface area contributed by atoms with Gasteiger partial charge in [-0.15, -0.1) is 0 Å². The van der Waals surface area contributed by atoms with Crippen molar-refractivity contribution in [3.8, 4) is 0 Å². The lowest BCUT2D eigenvalue weighted by molar-refractivity contribution is 0.321. The van der Waals surface area contributed by atoms with Gasteiger partial charge < -0.3 is 10.1 Å². The Morgan fingerprint density at radius 2 is 1.46 bits per heavy atom. The van der Waals surface area contributed by atoms with E-state index >= 15 is 0 Å². The van der Waals surface area contributed by atoms with Crippen molar-refractivity contribution >= 4 is 17.3 Å². The van der Waals surface area contributed by atoms with E-state index in [0.29, 0.717) is 12.5 Å². The van der Waals surface area contributed by atoms with E-state index < -0.39 is 0 Å². The van der Waals surface area contributed by atoms with E-state index in [1.54, 1.807) is 0 Å². The van der Waals surface area contributed by atoms with Crippen LogP contribution in [0.15, 0.2) is 102 Å². The van der Waals surface area contributed by atoms with E-state index in [-0.39, 0.29) is 6.04 Å². The van der Waals surface area contributed by atoms with E-state index in [1.807, 2.05) is 72.8 Å². The summed E-state index contributed by atoms with van der Waals surface area (Å²) in [7, 11) is 0. The Balaban J connectivity index is 1.63. The Bertz CT molecular complexity index is 903. The average molecular weight is 340 g/mol. The molecular weight excluding hydrogens is 320 g/mol. The number of aliphatic imine (C=N–C) groups is 1. The van der Waals surface area contributed by atoms with Crippen molar-refractivity contribution in [2.24, 2.45) is 4.99 Å². The number of hydrogen-bond donors (Lipinski definition) is 1. The number of ether oxygens (including phenoxy) is 1. The third-order valence-electron chi connectivity index (χ3n) is 4.26. The van der Waals surface area contributed by atoms with Crippen LogP contribution < -0.4 is 5.32 Å². The van der Waals surface area contributed by atoms with Crippen LogP contribution in [0.3, 0.4) is 0 Å². The molecule has 0 fully saturated rings. The highest BCUT2D eigenvalue weighted by atomic mass is 16.5. The van der Waals surface area contributed by atoms with Crippen LogP contribution in [-0.4, -0.2) is 12.5 Å². The maximum absolute atomic E-state index is 5.84. The summed E-state index contributed by atoms with van der Waals surface area (Å²) in [6.45, 7) is 0.573. The zero-order chi connectivity index (χ0) is 17.6. The van der Waals surface area contributed by atoms with Gasteiger partial charge >= 0.3 is 0 Å². The minimum atomic E-state index is 0.0520. The second kappa shape index (κ2) is 7.70. The fraction of sp³-hybridized carbons (Fsp3) is 0.0870. The molecule has 0 aromatic heterocycles. The standard InChI is InChI=1S/C23H20N2O/c1-4-10-18(11-5-1)21(24-20-14-8-3-9-15-20)16-23-25-22(17-26-23)19-12-6-2-7-13-19/h1-16,22,24H,17H2/t22-/m0/s1. The summed E-state index contributed by atoms with van der Waals surface area (Å²) in [5, 5.41) is 3.48. The van der Waals surface area contributed by atoms with Crippen molar-refractivity contribution in [2.75, 3.05) is 11.9 Å². The molecule has 0 bridgehead atoms. The molecule has 1 aliphatic rings. The highest BCUT2D eigenvalue weighted by molar-refractivity contribution is 5.98. The zero-order valence-electron chi connectivity index (χ0n) is 14.4. The van der Waals surface area contributed by atoms with Gasteiger partial charge in [0.05, 0.1) is 5.70 Å². The van der Waals surface area contributed by atoms with Crippen LogP contribution in [0.1, 0.15) is 17.2 Å². The predicted molar refractivity (Wildman–Crippen MR) is 107 cm³/mol. The number of hydrogen-bond acceptors (Lipinski definition) is 3. The first-order valence-corrected chi connectivity index (χ1v) is 8.73. The van der Waals surface area contributed by atoms with Crippen molar-refractivity contribution in [3.05, 3.63) is 108 Å². The first kappa shape index (κ1) is 16.2. The normalized spacial score (nSPS) is 16.7. The highest BCUT2D eigenvalue weighted by Gasteiger charge is 2.19. The van der Waals surface area contributed by atoms with Crippen molar-refractivity contribution in [2.45, 2.75) is 6.04 Å². The van der Waals surface area contributed by atoms with Crippen molar-refractivity contribution in [1.29, 1.82) is 0 Å². The summed E-state index contributed by atoms with van der Waals surface area (Å²) in [4.78, 5) is 4.74. The second-order valence-corrected chi connectivity index (χ2v) is 6.12. The number of anilines is 1. The Morgan fingerprint density at radius 1 is 0.846 bits per heavy atom. The Hall–Kier alpha value is -3.33. The Kier molecular flexibility index (Phi) is 4.79. The van der Waals surface area contributed by atoms with Crippen LogP contribution >= 0.6 is 0 Å². The molecule has 3 heteroatoms. The molecule has 4 rings (SSSR count). The van der Waals surface area contributed by atoms with Crippen LogP contribution in [0.2, 0.25) is 0 Å². The molecule has 3 nitrogen and oxygen atoms in total. The van der Waals surface area contributed by atoms with Gasteiger partial charge in [-0.1, -0.05) is 78.9 Å². The number of para-hydroxylation sites is 1. The van der Waals surface area contributed by atoms with Gasteiger partial charge in [0.15, 0.2) is 0 Å². The van der Waals surface area contributed by atoms with Crippen molar-refractivity contribution in [1.82, 2.24) is 0 Å². The predicted octanol–water partition coefficient (Wildman–Crippen LogP) is 5.31. The van der Waals surface area contributed by atoms with Crippen LogP contribution in [-0.2, 0) is 4.74 Å². The molecule has 1 atom stereocenters. The monoisotopic (exact) mass is 340 g/mol. The molecule has 1 aliphatic heterocycles. The molecule has 0 saturated heterocycles. The van der Waals surface area contributed by atoms with Gasteiger partial charge in [0.25, 0.3) is 0 Å². The minimum Gasteiger partial charge on any atom is -0.475 e. The first-order valence-electron chi connectivity index (χ1n) is 8.73. The van der Waals surface area contributed by atoms with Crippen LogP contribution in [0.4, 0.5) is 5.69 Å². The molecule has 0 aliphatic carbocycles. The molecule has 26 heavy (non-hydrogen) atoms. The maximum atomic E-state index is 5.84. The molecule has 0 spiro atoms. The highest BCUT2D eigenvalue weighted by Crippen LogP contribution is 2.25. The topological polar surface area (TPSA) is 33.6 Å². The quantitative estimate of drug-likeness (QED) is 0.683. The molecule has 0 amide bonds. The number of nitrogens with zero attached hydrogens (tertiary/aromatic N) is 1. The second-order valence-electron chi connectivity index (χ2n) is 6.12. The molecule has 0 saturated carbocycles. The third kappa shape index (κ3) is 3.83. The average Bonchev–Trinajstić information content (AvgIpc) is 3.18. The summed E-state index contributed by atoms with van der Waals surface area (Å²) < 4.78 is 5.84. The lowest BCUT2D eigenvalue weighted by Gasteiger charge is -2.11. The van der Waals surface area contributed by atoms with Gasteiger partial charge in [0.2, 0.25) is 5.90 Å². The van der Waals surface area contributed by atoms with Gasteiger partial charge in [0.1, 0.15) is 12.6 Å². The van der Waals surface area contributed by atoms with Crippen molar-refractivity contribution < 1.29 is 4.74 Å². The van der Waals surface area contributed by atoms with Crippen LogP contribution in [0.25, 0.3) is 5.70 Å². The minimum absolute atomic E-state index is 0.0520. The van der Waals surface area contributed by atoms with Gasteiger partial charge in [-0.05, 0) is 23.3 Å². The Labute approximate surface area is 153 Å². The van der Waals surface area contributed by atoms with E-state index in [2.05, 4.69) is 29.6 Å². The van der Waals surface area contributed by atoms with E-state index in [4.69, 9.17) is 9.73 Å². The molecule has 0 unspecified atom stereocenters. The van der Waals surface area contributed by atoms with Crippen LogP contribution in [0.5, 0.6) is 0 Å². The smallest absolute Gasteiger partial charge is 0.211 e. The number of benzene rings is 3. The fourth-order valence-electron chi connectivity index (χ4n) is 2.93. The van der Waals surface area contributed by atoms with Gasteiger partial charge in [-0.2, -0.15) is 0 Å². The third-order valence-corrected chi connectivity index (χ3v) is 4.26. The van der Waals surface area contributed by atoms with Crippen molar-refractivity contribution in [3.63, 3.8) is 0 Å². The van der Waals surface area contributed by atoms with Crippen LogP contribution in [0, 0.1) is 0 Å². The molecule has 3 aromatic rings. The molecule has 128 valence electrons. The number of nitrogens with one attached hydrogen (secondary N) is 1. The Morgan fingerprint density at radius 3 is 2.15 bits per heavy atom. The SMILES string of the molecule is C(=C(Nc1ccccc1)c1ccccc1)C1=N[C@H](c2ccccc2)CO1. The first-order chi connectivity index (χ1) is 12.9. The summed E-state index contributed by atoms with van der Waals surface area (Å²) in [6.07, 6.45) is 1.98. The molecule has 0 radical (unpaired) electrons. The van der Waals surface area contributed by atoms with E-state index in [0.717, 1.165) is 16.9 Å². The molecule has 3 aromatic carbocycles. The van der Waals surface area contributed by atoms with E-state index in [9.17, 15) is 0 Å². The molecule has 1 N–H and O–H groups in total. The lowest BCUT2D eigenvalue weighted by atomic mass is 10.1. The lowest BCUT2D eigenvalue weighted by Crippen LogP contribution is -2.03. The van der Waals surface area contributed by atoms with E-state index in [1.165, 1.54) is 5.56 Å². The summed E-state index contributed by atoms with van der Waals surface area (Å²) in [5.41, 5.74) is 4.25. The number of rotatable bonds is 5. The zero-order valence-corrected chi connectivity index (χ0v) is 14.4. The summed E-state index contributed by atoms with van der Waals surface area (Å²) in [5.74, 6) is 0.654. The maximum Gasteiger partial charge on any atom is 0.211 e.